The molecule has 6 nitrogen and oxygen atoms in total. The molecule has 2 heterocycles. The van der Waals surface area contributed by atoms with Gasteiger partial charge in [-0.3, -0.25) is 0 Å². The van der Waals surface area contributed by atoms with Crippen molar-refractivity contribution in [3.63, 3.8) is 0 Å². The van der Waals surface area contributed by atoms with E-state index in [0.29, 0.717) is 31.4 Å². The Morgan fingerprint density at radius 2 is 1.83 bits per heavy atom. The van der Waals surface area contributed by atoms with Gasteiger partial charge in [-0.15, -0.1) is 0 Å². The molecule has 1 aromatic heterocycles. The standard InChI is InChI=1S/C15H21Cl2N3O3/c1-15(2,3)23-14(21)20-6-4-10(5-7-20)8-22-11-12(16)18-9-19-13(11)17/h9-10H,4-8H2,1-3H3. The van der Waals surface area contributed by atoms with E-state index in [2.05, 4.69) is 9.97 Å². The zero-order chi connectivity index (χ0) is 17.0. The Morgan fingerprint density at radius 3 is 2.35 bits per heavy atom. The summed E-state index contributed by atoms with van der Waals surface area (Å²) in [5, 5.41) is 0.410. The second-order valence-electron chi connectivity index (χ2n) is 6.51. The molecule has 0 spiro atoms. The van der Waals surface area contributed by atoms with E-state index in [1.165, 1.54) is 6.33 Å². The molecule has 128 valence electrons. The van der Waals surface area contributed by atoms with Crippen molar-refractivity contribution in [3.05, 3.63) is 16.6 Å². The highest BCUT2D eigenvalue weighted by atomic mass is 35.5. The number of amides is 1. The first-order chi connectivity index (χ1) is 10.8. The predicted molar refractivity (Wildman–Crippen MR) is 88.1 cm³/mol. The van der Waals surface area contributed by atoms with Crippen LogP contribution in [0.4, 0.5) is 4.79 Å². The summed E-state index contributed by atoms with van der Waals surface area (Å²) in [6.07, 6.45) is 2.70. The Hall–Kier alpha value is -1.27. The van der Waals surface area contributed by atoms with Crippen LogP contribution in [0.15, 0.2) is 6.33 Å². The lowest BCUT2D eigenvalue weighted by atomic mass is 9.98. The molecule has 1 saturated heterocycles. The summed E-state index contributed by atoms with van der Waals surface area (Å²) in [4.78, 5) is 21.4. The first kappa shape index (κ1) is 18.1. The largest absolute Gasteiger partial charge is 0.487 e. The maximum absolute atomic E-state index is 12.0. The van der Waals surface area contributed by atoms with Gasteiger partial charge in [-0.2, -0.15) is 0 Å². The molecular formula is C15H21Cl2N3O3. The molecule has 1 aliphatic heterocycles. The number of hydrogen-bond donors (Lipinski definition) is 0. The fraction of sp³-hybridized carbons (Fsp3) is 0.667. The van der Waals surface area contributed by atoms with Crippen LogP contribution in [0.25, 0.3) is 0 Å². The molecule has 0 aromatic carbocycles. The number of carbonyl (C=O) groups excluding carboxylic acids is 1. The predicted octanol–water partition coefficient (Wildman–Crippen LogP) is 3.81. The van der Waals surface area contributed by atoms with Crippen LogP contribution < -0.4 is 4.74 Å². The van der Waals surface area contributed by atoms with Gasteiger partial charge in [0.25, 0.3) is 0 Å². The molecule has 0 unspecified atom stereocenters. The van der Waals surface area contributed by atoms with Crippen molar-refractivity contribution in [2.45, 2.75) is 39.2 Å². The lowest BCUT2D eigenvalue weighted by Crippen LogP contribution is -2.42. The summed E-state index contributed by atoms with van der Waals surface area (Å²) in [7, 11) is 0. The summed E-state index contributed by atoms with van der Waals surface area (Å²) in [6, 6.07) is 0. The molecule has 0 N–H and O–H groups in total. The number of piperidine rings is 1. The molecule has 0 atom stereocenters. The van der Waals surface area contributed by atoms with Gasteiger partial charge in [-0.1, -0.05) is 23.2 Å². The second kappa shape index (κ2) is 7.53. The van der Waals surface area contributed by atoms with Crippen molar-refractivity contribution in [1.29, 1.82) is 0 Å². The Morgan fingerprint density at radius 1 is 1.26 bits per heavy atom. The van der Waals surface area contributed by atoms with Crippen LogP contribution in [0.5, 0.6) is 5.75 Å². The fourth-order valence-corrected chi connectivity index (χ4v) is 2.69. The number of carbonyl (C=O) groups is 1. The Labute approximate surface area is 146 Å². The Balaban J connectivity index is 1.80. The molecule has 0 radical (unpaired) electrons. The molecule has 8 heteroatoms. The summed E-state index contributed by atoms with van der Waals surface area (Å²) >= 11 is 11.9. The molecule has 1 fully saturated rings. The van der Waals surface area contributed by atoms with E-state index >= 15 is 0 Å². The summed E-state index contributed by atoms with van der Waals surface area (Å²) in [5.41, 5.74) is -0.474. The third kappa shape index (κ3) is 5.39. The van der Waals surface area contributed by atoms with Gasteiger partial charge in [-0.05, 0) is 39.5 Å². The summed E-state index contributed by atoms with van der Waals surface area (Å²) in [6.45, 7) is 7.35. The van der Waals surface area contributed by atoms with E-state index in [-0.39, 0.29) is 16.4 Å². The number of ether oxygens (including phenoxy) is 2. The van der Waals surface area contributed by atoms with Crippen LogP contribution in [-0.2, 0) is 4.74 Å². The van der Waals surface area contributed by atoms with Gasteiger partial charge in [0.2, 0.25) is 0 Å². The third-order valence-electron chi connectivity index (χ3n) is 3.45. The number of halogens is 2. The van der Waals surface area contributed by atoms with Crippen molar-refractivity contribution in [1.82, 2.24) is 14.9 Å². The first-order valence-electron chi connectivity index (χ1n) is 7.53. The van der Waals surface area contributed by atoms with Crippen molar-refractivity contribution in [2.24, 2.45) is 5.92 Å². The van der Waals surface area contributed by atoms with Gasteiger partial charge < -0.3 is 14.4 Å². The summed E-state index contributed by atoms with van der Waals surface area (Å²) < 4.78 is 11.0. The van der Waals surface area contributed by atoms with E-state index in [9.17, 15) is 4.79 Å². The highest BCUT2D eigenvalue weighted by molar-refractivity contribution is 6.35. The highest BCUT2D eigenvalue weighted by Gasteiger charge is 2.27. The Kier molecular flexibility index (Phi) is 5.92. The number of nitrogens with zero attached hydrogens (tertiary/aromatic N) is 3. The first-order valence-corrected chi connectivity index (χ1v) is 8.28. The normalized spacial score (nSPS) is 16.3. The zero-order valence-electron chi connectivity index (χ0n) is 13.5. The minimum absolute atomic E-state index is 0.205. The van der Waals surface area contributed by atoms with Gasteiger partial charge in [0.05, 0.1) is 6.61 Å². The molecule has 0 bridgehead atoms. The smallest absolute Gasteiger partial charge is 0.410 e. The van der Waals surface area contributed by atoms with E-state index in [4.69, 9.17) is 32.7 Å². The van der Waals surface area contributed by atoms with Crippen LogP contribution in [-0.4, -0.2) is 46.3 Å². The fourth-order valence-electron chi connectivity index (χ4n) is 2.26. The van der Waals surface area contributed by atoms with E-state index in [1.807, 2.05) is 20.8 Å². The number of hydrogen-bond acceptors (Lipinski definition) is 5. The van der Waals surface area contributed by atoms with Gasteiger partial charge in [0, 0.05) is 13.1 Å². The Bertz CT molecular complexity index is 535. The van der Waals surface area contributed by atoms with Crippen molar-refractivity contribution in [2.75, 3.05) is 19.7 Å². The molecular weight excluding hydrogens is 341 g/mol. The van der Waals surface area contributed by atoms with Crippen LogP contribution in [0, 0.1) is 5.92 Å². The third-order valence-corrected chi connectivity index (χ3v) is 3.98. The SMILES string of the molecule is CC(C)(C)OC(=O)N1CCC(COc2c(Cl)ncnc2Cl)CC1. The average Bonchev–Trinajstić information content (AvgIpc) is 2.45. The molecule has 23 heavy (non-hydrogen) atoms. The van der Waals surface area contributed by atoms with Gasteiger partial charge in [0.1, 0.15) is 11.9 Å². The number of rotatable bonds is 3. The second-order valence-corrected chi connectivity index (χ2v) is 7.22. The van der Waals surface area contributed by atoms with Crippen LogP contribution in [0.1, 0.15) is 33.6 Å². The molecule has 2 rings (SSSR count). The number of aromatic nitrogens is 2. The molecule has 1 amide bonds. The minimum atomic E-state index is -0.474. The van der Waals surface area contributed by atoms with Crippen molar-refractivity contribution < 1.29 is 14.3 Å². The van der Waals surface area contributed by atoms with E-state index in [1.54, 1.807) is 4.90 Å². The van der Waals surface area contributed by atoms with E-state index in [0.717, 1.165) is 12.8 Å². The van der Waals surface area contributed by atoms with Crippen LogP contribution >= 0.6 is 23.2 Å². The number of likely N-dealkylation sites (tertiary alicyclic amines) is 1. The van der Waals surface area contributed by atoms with Crippen LogP contribution in [0.2, 0.25) is 10.3 Å². The quantitative estimate of drug-likeness (QED) is 0.765. The van der Waals surface area contributed by atoms with Gasteiger partial charge >= 0.3 is 6.09 Å². The molecule has 1 aliphatic rings. The molecule has 0 aliphatic carbocycles. The van der Waals surface area contributed by atoms with Crippen LogP contribution in [0.3, 0.4) is 0 Å². The van der Waals surface area contributed by atoms with Gasteiger partial charge in [0.15, 0.2) is 16.1 Å². The lowest BCUT2D eigenvalue weighted by Gasteiger charge is -2.33. The molecule has 0 saturated carbocycles. The maximum atomic E-state index is 12.0. The average molecular weight is 362 g/mol. The van der Waals surface area contributed by atoms with Crippen molar-refractivity contribution in [3.8, 4) is 5.75 Å². The summed E-state index contributed by atoms with van der Waals surface area (Å²) in [5.74, 6) is 0.631. The van der Waals surface area contributed by atoms with E-state index < -0.39 is 5.60 Å². The maximum Gasteiger partial charge on any atom is 0.410 e. The minimum Gasteiger partial charge on any atom is -0.487 e. The molecule has 1 aromatic rings. The zero-order valence-corrected chi connectivity index (χ0v) is 15.0. The highest BCUT2D eigenvalue weighted by Crippen LogP contribution is 2.30. The van der Waals surface area contributed by atoms with Gasteiger partial charge in [-0.25, -0.2) is 14.8 Å². The monoisotopic (exact) mass is 361 g/mol. The lowest BCUT2D eigenvalue weighted by molar-refractivity contribution is 0.0165. The van der Waals surface area contributed by atoms with Crippen molar-refractivity contribution >= 4 is 29.3 Å². The topological polar surface area (TPSA) is 64.5 Å².